The topological polar surface area (TPSA) is 59.8 Å². The van der Waals surface area contributed by atoms with Crippen molar-refractivity contribution in [1.82, 2.24) is 14.8 Å². The highest BCUT2D eigenvalue weighted by atomic mass is 32.2. The number of carbonyl (C=O) groups is 1. The molecule has 0 saturated carbocycles. The standard InChI is InChI=1S/C17H14F2N4OS/c1-23-16(11-2-4-12(18)5-3-11)21-22-17(23)25-10-15(24)20-14-8-6-13(19)7-9-14/h2-9H,10H2,1H3,(H,20,24). The van der Waals surface area contributed by atoms with Crippen LogP contribution in [0.15, 0.2) is 53.7 Å². The van der Waals surface area contributed by atoms with Gasteiger partial charge in [0.2, 0.25) is 5.91 Å². The number of nitrogens with zero attached hydrogens (tertiary/aromatic N) is 3. The van der Waals surface area contributed by atoms with Crippen LogP contribution in [0.1, 0.15) is 0 Å². The van der Waals surface area contributed by atoms with E-state index in [1.807, 2.05) is 0 Å². The molecule has 1 aromatic heterocycles. The van der Waals surface area contributed by atoms with E-state index in [2.05, 4.69) is 15.5 Å². The summed E-state index contributed by atoms with van der Waals surface area (Å²) in [5.41, 5.74) is 1.26. The molecule has 3 rings (SSSR count). The Kier molecular flexibility index (Phi) is 5.08. The number of rotatable bonds is 5. The van der Waals surface area contributed by atoms with E-state index in [-0.39, 0.29) is 23.3 Å². The molecule has 0 aliphatic carbocycles. The van der Waals surface area contributed by atoms with Gasteiger partial charge in [-0.15, -0.1) is 10.2 Å². The van der Waals surface area contributed by atoms with Crippen LogP contribution in [0.2, 0.25) is 0 Å². The molecule has 0 radical (unpaired) electrons. The molecule has 0 fully saturated rings. The van der Waals surface area contributed by atoms with E-state index in [4.69, 9.17) is 0 Å². The monoisotopic (exact) mass is 360 g/mol. The molecule has 1 N–H and O–H groups in total. The van der Waals surface area contributed by atoms with Gasteiger partial charge in [0.15, 0.2) is 11.0 Å². The van der Waals surface area contributed by atoms with Crippen molar-refractivity contribution in [3.05, 3.63) is 60.2 Å². The number of anilines is 1. The second-order valence-electron chi connectivity index (χ2n) is 5.22. The minimum absolute atomic E-state index is 0.132. The quantitative estimate of drug-likeness (QED) is 0.708. The number of aromatic nitrogens is 3. The van der Waals surface area contributed by atoms with Crippen LogP contribution < -0.4 is 5.32 Å². The Labute approximate surface area is 147 Å². The van der Waals surface area contributed by atoms with Crippen molar-refractivity contribution in [1.29, 1.82) is 0 Å². The highest BCUT2D eigenvalue weighted by molar-refractivity contribution is 7.99. The maximum atomic E-state index is 13.0. The van der Waals surface area contributed by atoms with E-state index in [0.29, 0.717) is 16.7 Å². The zero-order valence-electron chi connectivity index (χ0n) is 13.2. The molecule has 0 aliphatic rings. The van der Waals surface area contributed by atoms with E-state index < -0.39 is 0 Å². The highest BCUT2D eigenvalue weighted by Gasteiger charge is 2.13. The predicted molar refractivity (Wildman–Crippen MR) is 92.2 cm³/mol. The summed E-state index contributed by atoms with van der Waals surface area (Å²) in [5.74, 6) is -0.200. The van der Waals surface area contributed by atoms with Gasteiger partial charge in [0.25, 0.3) is 0 Å². The van der Waals surface area contributed by atoms with Crippen LogP contribution in [-0.4, -0.2) is 26.4 Å². The molecule has 1 heterocycles. The number of hydrogen-bond donors (Lipinski definition) is 1. The van der Waals surface area contributed by atoms with Gasteiger partial charge in [-0.25, -0.2) is 8.78 Å². The van der Waals surface area contributed by atoms with Crippen LogP contribution in [-0.2, 0) is 11.8 Å². The van der Waals surface area contributed by atoms with Gasteiger partial charge in [0, 0.05) is 18.3 Å². The first-order chi connectivity index (χ1) is 12.0. The Morgan fingerprint density at radius 1 is 1.04 bits per heavy atom. The highest BCUT2D eigenvalue weighted by Crippen LogP contribution is 2.23. The number of benzene rings is 2. The maximum absolute atomic E-state index is 13.0. The fourth-order valence-corrected chi connectivity index (χ4v) is 2.86. The zero-order chi connectivity index (χ0) is 17.8. The third-order valence-corrected chi connectivity index (χ3v) is 4.42. The molecule has 25 heavy (non-hydrogen) atoms. The maximum Gasteiger partial charge on any atom is 0.234 e. The summed E-state index contributed by atoms with van der Waals surface area (Å²) in [4.78, 5) is 12.0. The van der Waals surface area contributed by atoms with Gasteiger partial charge in [-0.05, 0) is 48.5 Å². The summed E-state index contributed by atoms with van der Waals surface area (Å²) in [6.07, 6.45) is 0. The van der Waals surface area contributed by atoms with Gasteiger partial charge in [-0.1, -0.05) is 11.8 Å². The molecule has 3 aromatic rings. The molecule has 0 bridgehead atoms. The Balaban J connectivity index is 1.62. The normalized spacial score (nSPS) is 10.7. The number of nitrogens with one attached hydrogen (secondary N) is 1. The Bertz CT molecular complexity index is 879. The number of halogens is 2. The second-order valence-corrected chi connectivity index (χ2v) is 6.16. The average molecular weight is 360 g/mol. The first-order valence-electron chi connectivity index (χ1n) is 7.36. The van der Waals surface area contributed by atoms with Crippen molar-refractivity contribution in [2.45, 2.75) is 5.16 Å². The molecule has 0 saturated heterocycles. The molecule has 2 aromatic carbocycles. The first kappa shape index (κ1) is 17.1. The molecule has 5 nitrogen and oxygen atoms in total. The van der Waals surface area contributed by atoms with Gasteiger partial charge in [0.05, 0.1) is 5.75 Å². The van der Waals surface area contributed by atoms with E-state index in [1.165, 1.54) is 48.2 Å². The number of hydrogen-bond acceptors (Lipinski definition) is 4. The van der Waals surface area contributed by atoms with Crippen molar-refractivity contribution in [3.63, 3.8) is 0 Å². The van der Waals surface area contributed by atoms with Crippen LogP contribution in [0.25, 0.3) is 11.4 Å². The van der Waals surface area contributed by atoms with E-state index in [9.17, 15) is 13.6 Å². The van der Waals surface area contributed by atoms with Crippen LogP contribution >= 0.6 is 11.8 Å². The summed E-state index contributed by atoms with van der Waals surface area (Å²) in [5, 5.41) is 11.4. The average Bonchev–Trinajstić information content (AvgIpc) is 2.97. The Morgan fingerprint density at radius 2 is 1.64 bits per heavy atom. The number of thioether (sulfide) groups is 1. The molecule has 0 spiro atoms. The van der Waals surface area contributed by atoms with E-state index in [1.54, 1.807) is 23.7 Å². The fraction of sp³-hybridized carbons (Fsp3) is 0.118. The van der Waals surface area contributed by atoms with Gasteiger partial charge in [-0.3, -0.25) is 4.79 Å². The molecule has 1 amide bonds. The minimum atomic E-state index is -0.361. The molecule has 128 valence electrons. The summed E-state index contributed by atoms with van der Waals surface area (Å²) in [6.45, 7) is 0. The molecule has 0 atom stereocenters. The lowest BCUT2D eigenvalue weighted by Gasteiger charge is -2.05. The molecule has 0 unspecified atom stereocenters. The minimum Gasteiger partial charge on any atom is -0.325 e. The third-order valence-electron chi connectivity index (χ3n) is 3.40. The lowest BCUT2D eigenvalue weighted by Crippen LogP contribution is -2.14. The molecular formula is C17H14F2N4OS. The van der Waals surface area contributed by atoms with Crippen LogP contribution in [0.5, 0.6) is 0 Å². The van der Waals surface area contributed by atoms with Crippen LogP contribution in [0.3, 0.4) is 0 Å². The zero-order valence-corrected chi connectivity index (χ0v) is 14.1. The summed E-state index contributed by atoms with van der Waals surface area (Å²) >= 11 is 1.23. The lowest BCUT2D eigenvalue weighted by atomic mass is 10.2. The Hall–Kier alpha value is -2.74. The summed E-state index contributed by atoms with van der Waals surface area (Å²) in [6, 6.07) is 11.5. The van der Waals surface area contributed by atoms with Crippen molar-refractivity contribution in [3.8, 4) is 11.4 Å². The summed E-state index contributed by atoms with van der Waals surface area (Å²) < 4.78 is 27.6. The van der Waals surface area contributed by atoms with Gasteiger partial charge < -0.3 is 9.88 Å². The number of amides is 1. The lowest BCUT2D eigenvalue weighted by molar-refractivity contribution is -0.113. The fourth-order valence-electron chi connectivity index (χ4n) is 2.15. The third kappa shape index (κ3) is 4.21. The van der Waals surface area contributed by atoms with Crippen molar-refractivity contribution < 1.29 is 13.6 Å². The van der Waals surface area contributed by atoms with Gasteiger partial charge in [-0.2, -0.15) is 0 Å². The molecule has 8 heteroatoms. The Morgan fingerprint density at radius 3 is 2.28 bits per heavy atom. The van der Waals surface area contributed by atoms with Crippen LogP contribution in [0, 0.1) is 11.6 Å². The predicted octanol–water partition coefficient (Wildman–Crippen LogP) is 3.49. The van der Waals surface area contributed by atoms with E-state index >= 15 is 0 Å². The van der Waals surface area contributed by atoms with Crippen molar-refractivity contribution >= 4 is 23.4 Å². The molecular weight excluding hydrogens is 346 g/mol. The summed E-state index contributed by atoms with van der Waals surface area (Å²) in [7, 11) is 1.78. The van der Waals surface area contributed by atoms with Gasteiger partial charge in [0.1, 0.15) is 11.6 Å². The van der Waals surface area contributed by atoms with Crippen molar-refractivity contribution in [2.75, 3.05) is 11.1 Å². The van der Waals surface area contributed by atoms with Crippen LogP contribution in [0.4, 0.5) is 14.5 Å². The van der Waals surface area contributed by atoms with Gasteiger partial charge >= 0.3 is 0 Å². The smallest absolute Gasteiger partial charge is 0.234 e. The largest absolute Gasteiger partial charge is 0.325 e. The SMILES string of the molecule is Cn1c(SCC(=O)Nc2ccc(F)cc2)nnc1-c1ccc(F)cc1. The number of carbonyl (C=O) groups excluding carboxylic acids is 1. The second kappa shape index (κ2) is 7.43. The van der Waals surface area contributed by atoms with Crippen molar-refractivity contribution in [2.24, 2.45) is 7.05 Å². The molecule has 0 aliphatic heterocycles. The first-order valence-corrected chi connectivity index (χ1v) is 8.35. The van der Waals surface area contributed by atoms with E-state index in [0.717, 1.165) is 5.56 Å².